The molecule has 0 aromatic heterocycles. The van der Waals surface area contributed by atoms with Crippen LogP contribution >= 0.6 is 0 Å². The van der Waals surface area contributed by atoms with E-state index in [1.54, 1.807) is 4.90 Å². The fourth-order valence-corrected chi connectivity index (χ4v) is 1.51. The highest BCUT2D eigenvalue weighted by molar-refractivity contribution is 5.67. The summed E-state index contributed by atoms with van der Waals surface area (Å²) in [5, 5.41) is 0. The second-order valence-electron chi connectivity index (χ2n) is 3.28. The maximum absolute atomic E-state index is 11.3. The number of nitrogens with zero attached hydrogens (tertiary/aromatic N) is 2. The normalized spacial score (nSPS) is 17.9. The first-order valence-corrected chi connectivity index (χ1v) is 5.03. The van der Waals surface area contributed by atoms with E-state index in [1.165, 1.54) is 0 Å². The van der Waals surface area contributed by atoms with Gasteiger partial charge in [0.25, 0.3) is 0 Å². The summed E-state index contributed by atoms with van der Waals surface area (Å²) in [7, 11) is 0. The van der Waals surface area contributed by atoms with E-state index < -0.39 is 0 Å². The van der Waals surface area contributed by atoms with Crippen LogP contribution in [0.4, 0.5) is 4.79 Å². The number of piperazine rings is 1. The lowest BCUT2D eigenvalue weighted by molar-refractivity contribution is 0.0825. The smallest absolute Gasteiger partial charge is 0.409 e. The maximum Gasteiger partial charge on any atom is 0.409 e. The first kappa shape index (κ1) is 11.0. The number of hydrogen-bond acceptors (Lipinski definition) is 3. The van der Waals surface area contributed by atoms with Crippen molar-refractivity contribution in [3.63, 3.8) is 0 Å². The molecular weight excluding hydrogens is 180 g/mol. The number of carbonyl (C=O) groups excluding carboxylic acids is 1. The van der Waals surface area contributed by atoms with Gasteiger partial charge in [-0.15, -0.1) is 6.58 Å². The lowest BCUT2D eigenvalue weighted by Crippen LogP contribution is -2.48. The highest BCUT2D eigenvalue weighted by atomic mass is 16.6. The second-order valence-corrected chi connectivity index (χ2v) is 3.28. The molecule has 0 saturated carbocycles. The molecule has 0 atom stereocenters. The molecule has 14 heavy (non-hydrogen) atoms. The predicted octanol–water partition coefficient (Wildman–Crippen LogP) is 0.947. The SMILES string of the molecule is C=CCN1CCN(C(=O)OCC)CC1. The van der Waals surface area contributed by atoms with Crippen LogP contribution < -0.4 is 0 Å². The van der Waals surface area contributed by atoms with Crippen molar-refractivity contribution in [3.05, 3.63) is 12.7 Å². The number of rotatable bonds is 3. The Bertz CT molecular complexity index is 198. The van der Waals surface area contributed by atoms with Crippen molar-refractivity contribution in [1.82, 2.24) is 9.80 Å². The summed E-state index contributed by atoms with van der Waals surface area (Å²) in [4.78, 5) is 15.3. The average Bonchev–Trinajstić information content (AvgIpc) is 2.20. The van der Waals surface area contributed by atoms with Crippen LogP contribution in [-0.2, 0) is 4.74 Å². The minimum Gasteiger partial charge on any atom is -0.450 e. The minimum atomic E-state index is -0.189. The quantitative estimate of drug-likeness (QED) is 0.633. The van der Waals surface area contributed by atoms with Crippen molar-refractivity contribution in [1.29, 1.82) is 0 Å². The molecule has 0 N–H and O–H groups in total. The van der Waals surface area contributed by atoms with Crippen LogP contribution in [0.3, 0.4) is 0 Å². The van der Waals surface area contributed by atoms with Crippen LogP contribution in [0.25, 0.3) is 0 Å². The lowest BCUT2D eigenvalue weighted by atomic mass is 10.3. The second kappa shape index (κ2) is 5.65. The third-order valence-electron chi connectivity index (χ3n) is 2.29. The maximum atomic E-state index is 11.3. The van der Waals surface area contributed by atoms with Crippen molar-refractivity contribution in [2.45, 2.75) is 6.92 Å². The van der Waals surface area contributed by atoms with Crippen molar-refractivity contribution in [2.75, 3.05) is 39.3 Å². The van der Waals surface area contributed by atoms with Crippen molar-refractivity contribution >= 4 is 6.09 Å². The molecule has 0 radical (unpaired) electrons. The summed E-state index contributed by atoms with van der Waals surface area (Å²) < 4.78 is 4.92. The molecule has 1 saturated heterocycles. The summed E-state index contributed by atoms with van der Waals surface area (Å²) in [6.07, 6.45) is 1.70. The van der Waals surface area contributed by atoms with Crippen molar-refractivity contribution < 1.29 is 9.53 Å². The number of carbonyl (C=O) groups is 1. The third kappa shape index (κ3) is 3.03. The molecule has 0 spiro atoms. The fourth-order valence-electron chi connectivity index (χ4n) is 1.51. The minimum absolute atomic E-state index is 0.189. The summed E-state index contributed by atoms with van der Waals surface area (Å²) in [6.45, 7) is 10.2. The van der Waals surface area contributed by atoms with Gasteiger partial charge in [0, 0.05) is 32.7 Å². The van der Waals surface area contributed by atoms with E-state index in [-0.39, 0.29) is 6.09 Å². The van der Waals surface area contributed by atoms with Gasteiger partial charge in [-0.2, -0.15) is 0 Å². The van der Waals surface area contributed by atoms with Crippen molar-refractivity contribution in [2.24, 2.45) is 0 Å². The monoisotopic (exact) mass is 198 g/mol. The molecule has 0 aromatic carbocycles. The van der Waals surface area contributed by atoms with Crippen molar-refractivity contribution in [3.8, 4) is 0 Å². The Morgan fingerprint density at radius 2 is 2.07 bits per heavy atom. The molecular formula is C10H18N2O2. The Balaban J connectivity index is 2.27. The van der Waals surface area contributed by atoms with E-state index in [9.17, 15) is 4.79 Å². The van der Waals surface area contributed by atoms with Gasteiger partial charge in [0.2, 0.25) is 0 Å². The molecule has 1 fully saturated rings. The van der Waals surface area contributed by atoms with Gasteiger partial charge in [0.1, 0.15) is 0 Å². The Morgan fingerprint density at radius 1 is 1.43 bits per heavy atom. The van der Waals surface area contributed by atoms with Gasteiger partial charge < -0.3 is 9.64 Å². The molecule has 4 heteroatoms. The zero-order valence-corrected chi connectivity index (χ0v) is 8.74. The van der Waals surface area contributed by atoms with E-state index >= 15 is 0 Å². The standard InChI is InChI=1S/C10H18N2O2/c1-3-5-11-6-8-12(9-7-11)10(13)14-4-2/h3H,1,4-9H2,2H3. The van der Waals surface area contributed by atoms with Gasteiger partial charge in [-0.3, -0.25) is 4.90 Å². The molecule has 0 unspecified atom stereocenters. The topological polar surface area (TPSA) is 32.8 Å². The zero-order valence-electron chi connectivity index (χ0n) is 8.74. The summed E-state index contributed by atoms with van der Waals surface area (Å²) in [6, 6.07) is 0. The van der Waals surface area contributed by atoms with Gasteiger partial charge in [-0.05, 0) is 6.92 Å². The Morgan fingerprint density at radius 3 is 2.57 bits per heavy atom. The highest BCUT2D eigenvalue weighted by Gasteiger charge is 2.20. The first-order chi connectivity index (χ1) is 6.77. The van der Waals surface area contributed by atoms with Gasteiger partial charge >= 0.3 is 6.09 Å². The summed E-state index contributed by atoms with van der Waals surface area (Å²) in [5.41, 5.74) is 0. The summed E-state index contributed by atoms with van der Waals surface area (Å²) >= 11 is 0. The molecule has 1 rings (SSSR count). The Kier molecular flexibility index (Phi) is 4.46. The molecule has 1 aliphatic heterocycles. The van der Waals surface area contributed by atoms with Crippen LogP contribution in [0.1, 0.15) is 6.92 Å². The molecule has 4 nitrogen and oxygen atoms in total. The third-order valence-corrected chi connectivity index (χ3v) is 2.29. The van der Waals surface area contributed by atoms with E-state index in [0.29, 0.717) is 6.61 Å². The zero-order chi connectivity index (χ0) is 10.4. The molecule has 0 aromatic rings. The largest absolute Gasteiger partial charge is 0.450 e. The van der Waals surface area contributed by atoms with E-state index in [4.69, 9.17) is 4.74 Å². The van der Waals surface area contributed by atoms with Crippen LogP contribution in [0.2, 0.25) is 0 Å². The molecule has 0 aliphatic carbocycles. The molecule has 0 bridgehead atoms. The average molecular weight is 198 g/mol. The Hall–Kier alpha value is -1.03. The van der Waals surface area contributed by atoms with Crippen LogP contribution in [0.5, 0.6) is 0 Å². The van der Waals surface area contributed by atoms with Gasteiger partial charge in [-0.25, -0.2) is 4.79 Å². The predicted molar refractivity (Wildman–Crippen MR) is 55.2 cm³/mol. The van der Waals surface area contributed by atoms with Crippen LogP contribution in [-0.4, -0.2) is 55.2 Å². The molecule has 1 amide bonds. The molecule has 1 heterocycles. The summed E-state index contributed by atoms with van der Waals surface area (Å²) in [5.74, 6) is 0. The first-order valence-electron chi connectivity index (χ1n) is 5.03. The van der Waals surface area contributed by atoms with Crippen LogP contribution in [0, 0.1) is 0 Å². The highest BCUT2D eigenvalue weighted by Crippen LogP contribution is 2.03. The van der Waals surface area contributed by atoms with Crippen LogP contribution in [0.15, 0.2) is 12.7 Å². The fraction of sp³-hybridized carbons (Fsp3) is 0.700. The number of hydrogen-bond donors (Lipinski definition) is 0. The van der Waals surface area contributed by atoms with Gasteiger partial charge in [0.15, 0.2) is 0 Å². The lowest BCUT2D eigenvalue weighted by Gasteiger charge is -2.33. The van der Waals surface area contributed by atoms with E-state index in [2.05, 4.69) is 11.5 Å². The van der Waals surface area contributed by atoms with Gasteiger partial charge in [-0.1, -0.05) is 6.08 Å². The van der Waals surface area contributed by atoms with E-state index in [0.717, 1.165) is 32.7 Å². The molecule has 80 valence electrons. The Labute approximate surface area is 85.1 Å². The molecule has 1 aliphatic rings. The number of ether oxygens (including phenoxy) is 1. The van der Waals surface area contributed by atoms with Gasteiger partial charge in [0.05, 0.1) is 6.61 Å². The number of amides is 1. The van der Waals surface area contributed by atoms with E-state index in [1.807, 2.05) is 13.0 Å².